The highest BCUT2D eigenvalue weighted by molar-refractivity contribution is 6.35. The summed E-state index contributed by atoms with van der Waals surface area (Å²) in [5.74, 6) is 0. The van der Waals surface area contributed by atoms with Crippen molar-refractivity contribution in [2.45, 2.75) is 13.0 Å². The van der Waals surface area contributed by atoms with Crippen LogP contribution in [0.4, 0.5) is 0 Å². The van der Waals surface area contributed by atoms with E-state index in [1.54, 1.807) is 0 Å². The van der Waals surface area contributed by atoms with Gasteiger partial charge in [0.1, 0.15) is 0 Å². The summed E-state index contributed by atoms with van der Waals surface area (Å²) in [6.45, 7) is 1.98. The van der Waals surface area contributed by atoms with Gasteiger partial charge in [-0.05, 0) is 23.9 Å². The number of benzene rings is 2. The third kappa shape index (κ3) is 1.49. The van der Waals surface area contributed by atoms with Crippen LogP contribution < -0.4 is 5.73 Å². The van der Waals surface area contributed by atoms with Crippen molar-refractivity contribution in [2.24, 2.45) is 5.73 Å². The van der Waals surface area contributed by atoms with Gasteiger partial charge in [0.25, 0.3) is 0 Å². The second-order valence-electron chi connectivity index (χ2n) is 3.47. The maximum absolute atomic E-state index is 6.09. The summed E-state index contributed by atoms with van der Waals surface area (Å²) in [5, 5.41) is 3.00. The molecule has 0 saturated carbocycles. The van der Waals surface area contributed by atoms with Gasteiger partial charge in [0.05, 0.1) is 0 Å². The van der Waals surface area contributed by atoms with E-state index in [2.05, 4.69) is 6.07 Å². The van der Waals surface area contributed by atoms with Crippen LogP contribution in [0.3, 0.4) is 0 Å². The minimum atomic E-state index is 0.0390. The Bertz CT molecular complexity index is 463. The zero-order valence-corrected chi connectivity index (χ0v) is 8.75. The summed E-state index contributed by atoms with van der Waals surface area (Å²) in [6, 6.07) is 12.0. The van der Waals surface area contributed by atoms with Crippen LogP contribution in [-0.4, -0.2) is 0 Å². The number of hydrogen-bond acceptors (Lipinski definition) is 1. The molecule has 2 heteroatoms. The van der Waals surface area contributed by atoms with E-state index >= 15 is 0 Å². The van der Waals surface area contributed by atoms with Gasteiger partial charge in [-0.15, -0.1) is 0 Å². The lowest BCUT2D eigenvalue weighted by molar-refractivity contribution is 0.827. The summed E-state index contributed by atoms with van der Waals surface area (Å²) < 4.78 is 0. The highest BCUT2D eigenvalue weighted by Crippen LogP contribution is 2.28. The fourth-order valence-corrected chi connectivity index (χ4v) is 1.91. The Morgan fingerprint density at radius 3 is 2.36 bits per heavy atom. The molecule has 2 rings (SSSR count). The van der Waals surface area contributed by atoms with Crippen molar-refractivity contribution in [3.8, 4) is 0 Å². The number of nitrogens with two attached hydrogens (primary N) is 1. The molecule has 0 amide bonds. The van der Waals surface area contributed by atoms with Gasteiger partial charge in [0.2, 0.25) is 0 Å². The molecule has 72 valence electrons. The average molecular weight is 206 g/mol. The molecule has 1 nitrogen and oxygen atoms in total. The van der Waals surface area contributed by atoms with Crippen molar-refractivity contribution < 1.29 is 0 Å². The number of rotatable bonds is 1. The topological polar surface area (TPSA) is 26.0 Å². The zero-order chi connectivity index (χ0) is 10.1. The van der Waals surface area contributed by atoms with Crippen LogP contribution in [-0.2, 0) is 0 Å². The van der Waals surface area contributed by atoms with E-state index in [1.807, 2.05) is 37.3 Å². The van der Waals surface area contributed by atoms with Crippen LogP contribution >= 0.6 is 11.6 Å². The highest BCUT2D eigenvalue weighted by atomic mass is 35.5. The van der Waals surface area contributed by atoms with E-state index in [0.717, 1.165) is 21.4 Å². The smallest absolute Gasteiger partial charge is 0.0484 e. The number of hydrogen-bond donors (Lipinski definition) is 1. The molecule has 0 heterocycles. The van der Waals surface area contributed by atoms with Gasteiger partial charge in [-0.2, -0.15) is 0 Å². The Labute approximate surface area is 88.5 Å². The summed E-state index contributed by atoms with van der Waals surface area (Å²) in [7, 11) is 0. The molecular weight excluding hydrogens is 194 g/mol. The number of halogens is 1. The second-order valence-corrected chi connectivity index (χ2v) is 3.88. The van der Waals surface area contributed by atoms with Crippen LogP contribution in [0.25, 0.3) is 10.8 Å². The lowest BCUT2D eigenvalue weighted by Crippen LogP contribution is -2.05. The summed E-state index contributed by atoms with van der Waals surface area (Å²) in [5.41, 5.74) is 7.03. The van der Waals surface area contributed by atoms with Gasteiger partial charge in [-0.3, -0.25) is 0 Å². The van der Waals surface area contributed by atoms with Crippen molar-refractivity contribution in [1.29, 1.82) is 0 Å². The third-order valence-electron chi connectivity index (χ3n) is 2.40. The summed E-state index contributed by atoms with van der Waals surface area (Å²) >= 11 is 6.09. The van der Waals surface area contributed by atoms with Crippen molar-refractivity contribution in [1.82, 2.24) is 0 Å². The Morgan fingerprint density at radius 2 is 1.71 bits per heavy atom. The second kappa shape index (κ2) is 3.60. The molecule has 1 atom stereocenters. The van der Waals surface area contributed by atoms with Gasteiger partial charge in [0.15, 0.2) is 0 Å². The van der Waals surface area contributed by atoms with Crippen LogP contribution in [0, 0.1) is 0 Å². The Kier molecular flexibility index (Phi) is 2.44. The fraction of sp³-hybridized carbons (Fsp3) is 0.167. The van der Waals surface area contributed by atoms with E-state index in [1.165, 1.54) is 0 Å². The van der Waals surface area contributed by atoms with Crippen LogP contribution in [0.5, 0.6) is 0 Å². The minimum absolute atomic E-state index is 0.0390. The monoisotopic (exact) mass is 205 g/mol. The lowest BCUT2D eigenvalue weighted by Gasteiger charge is -2.10. The maximum Gasteiger partial charge on any atom is 0.0484 e. The summed E-state index contributed by atoms with van der Waals surface area (Å²) in [4.78, 5) is 0. The highest BCUT2D eigenvalue weighted by Gasteiger charge is 2.06. The molecule has 0 saturated heterocycles. The van der Waals surface area contributed by atoms with Crippen LogP contribution in [0.1, 0.15) is 18.5 Å². The molecule has 2 aromatic carbocycles. The van der Waals surface area contributed by atoms with Crippen molar-refractivity contribution in [3.63, 3.8) is 0 Å². The van der Waals surface area contributed by atoms with Gasteiger partial charge in [-0.1, -0.05) is 41.9 Å². The third-order valence-corrected chi connectivity index (χ3v) is 2.72. The van der Waals surface area contributed by atoms with E-state index in [4.69, 9.17) is 17.3 Å². The standard InChI is InChI=1S/C12H12ClN/c1-8(14)9-6-7-12(13)11-5-3-2-4-10(9)11/h2-8H,14H2,1H3. The van der Waals surface area contributed by atoms with Gasteiger partial charge < -0.3 is 5.73 Å². The molecule has 0 fully saturated rings. The molecule has 0 aliphatic rings. The Balaban J connectivity index is 2.82. The molecule has 1 unspecified atom stereocenters. The van der Waals surface area contributed by atoms with E-state index < -0.39 is 0 Å². The molecule has 0 spiro atoms. The Morgan fingerprint density at radius 1 is 1.07 bits per heavy atom. The maximum atomic E-state index is 6.09. The first-order valence-corrected chi connectivity index (χ1v) is 5.00. The van der Waals surface area contributed by atoms with E-state index in [-0.39, 0.29) is 6.04 Å². The molecule has 0 bridgehead atoms. The van der Waals surface area contributed by atoms with E-state index in [9.17, 15) is 0 Å². The molecule has 0 aliphatic carbocycles. The van der Waals surface area contributed by atoms with Gasteiger partial charge >= 0.3 is 0 Å². The lowest BCUT2D eigenvalue weighted by atomic mass is 10.0. The predicted molar refractivity (Wildman–Crippen MR) is 61.6 cm³/mol. The van der Waals surface area contributed by atoms with E-state index in [0.29, 0.717) is 0 Å². The quantitative estimate of drug-likeness (QED) is 0.758. The van der Waals surface area contributed by atoms with Crippen molar-refractivity contribution in [2.75, 3.05) is 0 Å². The predicted octanol–water partition coefficient (Wildman–Crippen LogP) is 3.51. The molecule has 0 aromatic heterocycles. The zero-order valence-electron chi connectivity index (χ0n) is 8.00. The van der Waals surface area contributed by atoms with Crippen LogP contribution in [0.2, 0.25) is 5.02 Å². The van der Waals surface area contributed by atoms with Gasteiger partial charge in [0, 0.05) is 16.5 Å². The average Bonchev–Trinajstić information content (AvgIpc) is 2.18. The molecule has 0 aliphatic heterocycles. The molecule has 2 aromatic rings. The number of fused-ring (bicyclic) bond motifs is 1. The summed E-state index contributed by atoms with van der Waals surface area (Å²) in [6.07, 6.45) is 0. The van der Waals surface area contributed by atoms with Crippen LogP contribution in [0.15, 0.2) is 36.4 Å². The van der Waals surface area contributed by atoms with Gasteiger partial charge in [-0.25, -0.2) is 0 Å². The van der Waals surface area contributed by atoms with Crippen molar-refractivity contribution >= 4 is 22.4 Å². The fourth-order valence-electron chi connectivity index (χ4n) is 1.68. The largest absolute Gasteiger partial charge is 0.324 e. The molecule has 2 N–H and O–H groups in total. The first-order chi connectivity index (χ1) is 6.70. The normalized spacial score (nSPS) is 13.1. The minimum Gasteiger partial charge on any atom is -0.324 e. The SMILES string of the molecule is CC(N)c1ccc(Cl)c2ccccc12. The van der Waals surface area contributed by atoms with Crippen molar-refractivity contribution in [3.05, 3.63) is 47.0 Å². The molecular formula is C12H12ClN. The molecule has 0 radical (unpaired) electrons. The molecule has 14 heavy (non-hydrogen) atoms. The first-order valence-electron chi connectivity index (χ1n) is 4.63. The Hall–Kier alpha value is -1.05. The first kappa shape index (κ1) is 9.50.